The van der Waals surface area contributed by atoms with Gasteiger partial charge in [-0.2, -0.15) is 0 Å². The molecule has 0 bridgehead atoms. The van der Waals surface area contributed by atoms with Gasteiger partial charge >= 0.3 is 5.97 Å². The molecule has 0 unspecified atom stereocenters. The number of allylic oxidation sites excluding steroid dienone is 3. The highest BCUT2D eigenvalue weighted by Gasteiger charge is 2.08. The number of rotatable bonds is 3. The number of aromatic carboxylic acids is 1. The van der Waals surface area contributed by atoms with Gasteiger partial charge in [-0.3, -0.25) is 0 Å². The summed E-state index contributed by atoms with van der Waals surface area (Å²) in [5.74, 6) is -0.989. The Balaban J connectivity index is 2.50. The lowest BCUT2D eigenvalue weighted by Gasteiger charge is -1.99. The van der Waals surface area contributed by atoms with E-state index in [0.29, 0.717) is 5.65 Å². The van der Waals surface area contributed by atoms with Crippen molar-refractivity contribution < 1.29 is 9.90 Å². The van der Waals surface area contributed by atoms with Gasteiger partial charge in [-0.05, 0) is 24.6 Å². The number of pyridine rings is 1. The van der Waals surface area contributed by atoms with Gasteiger partial charge in [0.2, 0.25) is 0 Å². The Hall–Kier alpha value is -2.36. The van der Waals surface area contributed by atoms with E-state index < -0.39 is 5.97 Å². The number of carbonyl (C=O) groups is 1. The third-order valence-corrected chi connectivity index (χ3v) is 2.44. The minimum absolute atomic E-state index is 0.140. The Bertz CT molecular complexity index is 623. The molecule has 2 aromatic rings. The van der Waals surface area contributed by atoms with Crippen molar-refractivity contribution >= 4 is 22.6 Å². The lowest BCUT2D eigenvalue weighted by molar-refractivity contribution is 0.0691. The summed E-state index contributed by atoms with van der Waals surface area (Å²) in [5.41, 5.74) is 2.44. The fourth-order valence-corrected chi connectivity index (χ4v) is 1.60. The molecule has 4 nitrogen and oxygen atoms in total. The van der Waals surface area contributed by atoms with E-state index in [2.05, 4.69) is 16.5 Å². The predicted octanol–water partition coefficient (Wildman–Crippen LogP) is 2.85. The summed E-state index contributed by atoms with van der Waals surface area (Å²) in [7, 11) is 0. The first-order valence-corrected chi connectivity index (χ1v) is 5.16. The van der Waals surface area contributed by atoms with E-state index in [9.17, 15) is 4.79 Å². The zero-order valence-electron chi connectivity index (χ0n) is 9.40. The van der Waals surface area contributed by atoms with Gasteiger partial charge in [0.1, 0.15) is 11.3 Å². The molecule has 0 aromatic carbocycles. The number of nitrogens with one attached hydrogen (secondary N) is 1. The van der Waals surface area contributed by atoms with Crippen molar-refractivity contribution in [3.05, 3.63) is 48.3 Å². The van der Waals surface area contributed by atoms with Crippen LogP contribution in [0.4, 0.5) is 0 Å². The molecule has 2 aromatic heterocycles. The quantitative estimate of drug-likeness (QED) is 0.794. The van der Waals surface area contributed by atoms with Crippen molar-refractivity contribution in [1.29, 1.82) is 0 Å². The number of aromatic amines is 1. The van der Waals surface area contributed by atoms with Crippen LogP contribution in [0.3, 0.4) is 0 Å². The van der Waals surface area contributed by atoms with Gasteiger partial charge in [0.15, 0.2) is 0 Å². The molecule has 2 rings (SSSR count). The molecule has 0 aliphatic rings. The van der Waals surface area contributed by atoms with E-state index in [0.717, 1.165) is 16.5 Å². The maximum Gasteiger partial charge on any atom is 0.352 e. The maximum atomic E-state index is 10.8. The normalized spacial score (nSPS) is 11.1. The number of nitrogens with zero attached hydrogens (tertiary/aromatic N) is 1. The first-order valence-electron chi connectivity index (χ1n) is 5.16. The Morgan fingerprint density at radius 2 is 2.29 bits per heavy atom. The van der Waals surface area contributed by atoms with Crippen molar-refractivity contribution in [2.75, 3.05) is 0 Å². The summed E-state index contributed by atoms with van der Waals surface area (Å²) in [6, 6.07) is 3.44. The molecule has 2 heterocycles. The SMILES string of the molecule is C=C(/C=C\C)c1cnc2[nH]c(C(=O)O)cc2c1. The average Bonchev–Trinajstić information content (AvgIpc) is 2.71. The van der Waals surface area contributed by atoms with Crippen molar-refractivity contribution in [1.82, 2.24) is 9.97 Å². The fourth-order valence-electron chi connectivity index (χ4n) is 1.60. The van der Waals surface area contributed by atoms with Crippen LogP contribution in [0.25, 0.3) is 16.6 Å². The minimum Gasteiger partial charge on any atom is -0.477 e. The van der Waals surface area contributed by atoms with Crippen LogP contribution in [0.2, 0.25) is 0 Å². The molecule has 4 heteroatoms. The number of carboxylic acid groups (broad SMARTS) is 1. The number of carboxylic acids is 1. The molecule has 86 valence electrons. The smallest absolute Gasteiger partial charge is 0.352 e. The molecule has 0 atom stereocenters. The van der Waals surface area contributed by atoms with Crippen LogP contribution in [0, 0.1) is 0 Å². The summed E-state index contributed by atoms with van der Waals surface area (Å²) in [6.45, 7) is 5.82. The van der Waals surface area contributed by atoms with Crippen LogP contribution in [-0.4, -0.2) is 21.0 Å². The van der Waals surface area contributed by atoms with E-state index in [4.69, 9.17) is 5.11 Å². The van der Waals surface area contributed by atoms with Gasteiger partial charge in [0.05, 0.1) is 0 Å². The summed E-state index contributed by atoms with van der Waals surface area (Å²) in [6.07, 6.45) is 5.45. The van der Waals surface area contributed by atoms with Crippen LogP contribution >= 0.6 is 0 Å². The van der Waals surface area contributed by atoms with Crippen LogP contribution in [0.15, 0.2) is 37.1 Å². The molecule has 0 spiro atoms. The molecule has 0 saturated carbocycles. The number of fused-ring (bicyclic) bond motifs is 1. The van der Waals surface area contributed by atoms with Crippen LogP contribution < -0.4 is 0 Å². The second kappa shape index (κ2) is 4.25. The molecule has 2 N–H and O–H groups in total. The van der Waals surface area contributed by atoms with Crippen molar-refractivity contribution in [2.24, 2.45) is 0 Å². The van der Waals surface area contributed by atoms with Gasteiger partial charge < -0.3 is 10.1 Å². The van der Waals surface area contributed by atoms with E-state index >= 15 is 0 Å². The Kier molecular flexibility index (Phi) is 2.78. The van der Waals surface area contributed by atoms with Crippen LogP contribution in [0.1, 0.15) is 23.0 Å². The van der Waals surface area contributed by atoms with Gasteiger partial charge in [0.25, 0.3) is 0 Å². The monoisotopic (exact) mass is 228 g/mol. The van der Waals surface area contributed by atoms with Crippen molar-refractivity contribution in [3.63, 3.8) is 0 Å². The lowest BCUT2D eigenvalue weighted by Crippen LogP contribution is -1.94. The third kappa shape index (κ3) is 2.10. The van der Waals surface area contributed by atoms with Gasteiger partial charge in [-0.1, -0.05) is 18.7 Å². The molecule has 0 saturated heterocycles. The first kappa shape index (κ1) is 11.1. The zero-order valence-corrected chi connectivity index (χ0v) is 9.40. The van der Waals surface area contributed by atoms with Gasteiger partial charge in [-0.15, -0.1) is 0 Å². The number of hydrogen-bond acceptors (Lipinski definition) is 2. The second-order valence-corrected chi connectivity index (χ2v) is 3.68. The lowest BCUT2D eigenvalue weighted by atomic mass is 10.1. The topological polar surface area (TPSA) is 66.0 Å². The molecule has 0 amide bonds. The Labute approximate surface area is 98.3 Å². The Morgan fingerprint density at radius 1 is 1.53 bits per heavy atom. The average molecular weight is 228 g/mol. The number of aromatic nitrogens is 2. The van der Waals surface area contributed by atoms with E-state index in [-0.39, 0.29) is 5.69 Å². The van der Waals surface area contributed by atoms with Crippen LogP contribution in [-0.2, 0) is 0 Å². The minimum atomic E-state index is -0.989. The number of hydrogen-bond donors (Lipinski definition) is 2. The first-order chi connectivity index (χ1) is 8.11. The summed E-state index contributed by atoms with van der Waals surface area (Å²) < 4.78 is 0. The van der Waals surface area contributed by atoms with Crippen LogP contribution in [0.5, 0.6) is 0 Å². The molecule has 0 aliphatic heterocycles. The summed E-state index contributed by atoms with van der Waals surface area (Å²) >= 11 is 0. The highest BCUT2D eigenvalue weighted by atomic mass is 16.4. The van der Waals surface area contributed by atoms with Gasteiger partial charge in [0, 0.05) is 17.1 Å². The standard InChI is InChI=1S/C13H12N2O2/c1-3-4-8(2)10-5-9-6-11(13(16)17)15-12(9)14-7-10/h3-7H,2H2,1H3,(H,14,15)(H,16,17)/b4-3-. The summed E-state index contributed by atoms with van der Waals surface area (Å²) in [5, 5.41) is 9.63. The second-order valence-electron chi connectivity index (χ2n) is 3.68. The zero-order chi connectivity index (χ0) is 12.4. The van der Waals surface area contributed by atoms with E-state index in [1.54, 1.807) is 12.3 Å². The highest BCUT2D eigenvalue weighted by Crippen LogP contribution is 2.19. The van der Waals surface area contributed by atoms with Gasteiger partial charge in [-0.25, -0.2) is 9.78 Å². The molecular weight excluding hydrogens is 216 g/mol. The molecular formula is C13H12N2O2. The van der Waals surface area contributed by atoms with E-state index in [1.165, 1.54) is 0 Å². The maximum absolute atomic E-state index is 10.8. The predicted molar refractivity (Wildman–Crippen MR) is 66.9 cm³/mol. The molecule has 17 heavy (non-hydrogen) atoms. The van der Waals surface area contributed by atoms with E-state index in [1.807, 2.05) is 25.1 Å². The molecule has 0 radical (unpaired) electrons. The van der Waals surface area contributed by atoms with Crippen molar-refractivity contribution in [3.8, 4) is 0 Å². The van der Waals surface area contributed by atoms with Crippen molar-refractivity contribution in [2.45, 2.75) is 6.92 Å². The largest absolute Gasteiger partial charge is 0.477 e. The summed E-state index contributed by atoms with van der Waals surface area (Å²) in [4.78, 5) is 17.7. The highest BCUT2D eigenvalue weighted by molar-refractivity contribution is 5.93. The molecule has 0 aliphatic carbocycles. The number of H-pyrrole nitrogens is 1. The third-order valence-electron chi connectivity index (χ3n) is 2.44. The fraction of sp³-hybridized carbons (Fsp3) is 0.0769. The Morgan fingerprint density at radius 3 is 2.94 bits per heavy atom. The molecule has 0 fully saturated rings.